The number of aliphatic hydroxyl groups is 3. The summed E-state index contributed by atoms with van der Waals surface area (Å²) in [6.07, 6.45) is 38.2. The minimum atomic E-state index is -4.60. The van der Waals surface area contributed by atoms with Gasteiger partial charge in [0, 0.05) is 12.8 Å². The number of hydrogen-bond acceptors (Lipinski definition) is 11. The van der Waals surface area contributed by atoms with Crippen LogP contribution >= 0.6 is 0 Å². The number of carbonyl (C=O) groups is 2. The van der Waals surface area contributed by atoms with Crippen molar-refractivity contribution in [1.29, 1.82) is 0 Å². The number of esters is 2. The van der Waals surface area contributed by atoms with Crippen molar-refractivity contribution in [2.45, 2.75) is 288 Å². The molecule has 1 aliphatic heterocycles. The zero-order valence-corrected chi connectivity index (χ0v) is 42.2. The van der Waals surface area contributed by atoms with Gasteiger partial charge in [0.25, 0.3) is 10.1 Å². The van der Waals surface area contributed by atoms with Gasteiger partial charge in [-0.2, -0.15) is 8.42 Å². The molecule has 0 amide bonds. The molecule has 1 rings (SSSR count). The van der Waals surface area contributed by atoms with E-state index >= 15 is 0 Å². The molecule has 2 unspecified atom stereocenters. The topological polar surface area (TPSA) is 186 Å². The molecule has 1 aliphatic rings. The van der Waals surface area contributed by atoms with Gasteiger partial charge in [-0.25, -0.2) is 0 Å². The fraction of sp³-hybridized carbons (Fsp3) is 0.923. The molecule has 1 saturated heterocycles. The molecular weight excluding hydrogens is 849 g/mol. The maximum absolute atomic E-state index is 12.9. The summed E-state index contributed by atoms with van der Waals surface area (Å²) in [7, 11) is -4.60. The third-order valence-electron chi connectivity index (χ3n) is 12.6. The van der Waals surface area contributed by atoms with Crippen LogP contribution in [0.25, 0.3) is 0 Å². The molecule has 0 aromatic carbocycles. The summed E-state index contributed by atoms with van der Waals surface area (Å²) < 4.78 is 54.3. The minimum absolute atomic E-state index is 0.170. The molecule has 12 nitrogen and oxygen atoms in total. The number of hydrogen-bond donors (Lipinski definition) is 4. The van der Waals surface area contributed by atoms with Crippen molar-refractivity contribution >= 4 is 22.1 Å². The van der Waals surface area contributed by atoms with Crippen molar-refractivity contribution in [3.05, 3.63) is 12.2 Å². The van der Waals surface area contributed by atoms with Crippen molar-refractivity contribution in [2.24, 2.45) is 0 Å². The van der Waals surface area contributed by atoms with Gasteiger partial charge in [-0.1, -0.05) is 212 Å². The van der Waals surface area contributed by atoms with E-state index in [1.807, 2.05) is 0 Å². The maximum Gasteiger partial charge on any atom is 0.306 e. The van der Waals surface area contributed by atoms with E-state index in [0.29, 0.717) is 12.8 Å². The number of unbranched alkanes of at least 4 members (excludes halogenated alkanes) is 32. The number of ether oxygens (including phenoxy) is 4. The first kappa shape index (κ1) is 61.4. The van der Waals surface area contributed by atoms with E-state index in [0.717, 1.165) is 38.5 Å². The molecule has 1 heterocycles. The van der Waals surface area contributed by atoms with Gasteiger partial charge in [0.05, 0.1) is 6.61 Å². The maximum atomic E-state index is 12.9. The molecule has 0 bridgehead atoms. The lowest BCUT2D eigenvalue weighted by Gasteiger charge is -2.40. The predicted octanol–water partition coefficient (Wildman–Crippen LogP) is 12.2. The summed E-state index contributed by atoms with van der Waals surface area (Å²) in [5.41, 5.74) is 0. The van der Waals surface area contributed by atoms with E-state index in [1.165, 1.54) is 173 Å². The van der Waals surface area contributed by atoms with Gasteiger partial charge in [0.15, 0.2) is 12.4 Å². The molecule has 4 N–H and O–H groups in total. The normalized spacial score (nSPS) is 19.5. The molecule has 0 aromatic rings. The van der Waals surface area contributed by atoms with E-state index in [2.05, 4.69) is 26.0 Å². The van der Waals surface area contributed by atoms with Gasteiger partial charge in [-0.3, -0.25) is 14.1 Å². The Morgan fingerprint density at radius 1 is 0.508 bits per heavy atom. The van der Waals surface area contributed by atoms with Crippen LogP contribution in [0.15, 0.2) is 12.2 Å². The van der Waals surface area contributed by atoms with Crippen LogP contribution in [-0.2, 0) is 38.7 Å². The van der Waals surface area contributed by atoms with Crippen molar-refractivity contribution in [3.8, 4) is 0 Å². The Hall–Kier alpha value is -1.61. The van der Waals surface area contributed by atoms with Crippen LogP contribution < -0.4 is 0 Å². The minimum Gasteiger partial charge on any atom is -0.462 e. The SMILES string of the molecule is CCCCCCCC/C=C/CCCCCCCCCCCC(=O)OC[C@H](CO[C@H]1O[C@H](CS(=O)(=O)O)[C@@H](O)C(O)C1O)OC(=O)CCCCCCCCCCCCCCCCCCCC. The lowest BCUT2D eigenvalue weighted by atomic mass is 10.00. The smallest absolute Gasteiger partial charge is 0.306 e. The number of allylic oxidation sites excluding steroid dienone is 2. The molecular formula is C52H98O12S. The van der Waals surface area contributed by atoms with Gasteiger partial charge < -0.3 is 34.3 Å². The first-order valence-corrected chi connectivity index (χ1v) is 28.4. The largest absolute Gasteiger partial charge is 0.462 e. The van der Waals surface area contributed by atoms with E-state index < -0.39 is 71.2 Å². The number of rotatable bonds is 46. The van der Waals surface area contributed by atoms with Crippen LogP contribution in [0, 0.1) is 0 Å². The molecule has 0 aliphatic carbocycles. The van der Waals surface area contributed by atoms with Crippen LogP contribution in [0.5, 0.6) is 0 Å². The Balaban J connectivity index is 2.34. The average molecular weight is 947 g/mol. The number of aliphatic hydroxyl groups excluding tert-OH is 3. The quantitative estimate of drug-likeness (QED) is 0.0196. The van der Waals surface area contributed by atoms with Crippen LogP contribution in [-0.4, -0.2) is 96.0 Å². The summed E-state index contributed by atoms with van der Waals surface area (Å²) in [5.74, 6) is -1.96. The highest BCUT2D eigenvalue weighted by Gasteiger charge is 2.46. The second-order valence-corrected chi connectivity index (χ2v) is 20.4. The molecule has 1 fully saturated rings. The summed E-state index contributed by atoms with van der Waals surface area (Å²) in [5, 5.41) is 31.0. The third kappa shape index (κ3) is 37.0. The molecule has 13 heteroatoms. The van der Waals surface area contributed by atoms with E-state index in [4.69, 9.17) is 18.9 Å². The molecule has 65 heavy (non-hydrogen) atoms. The Kier molecular flexibility index (Phi) is 40.1. The van der Waals surface area contributed by atoms with Crippen molar-refractivity contribution in [2.75, 3.05) is 19.0 Å². The first-order chi connectivity index (χ1) is 31.5. The first-order valence-electron chi connectivity index (χ1n) is 26.7. The highest BCUT2D eigenvalue weighted by atomic mass is 32.2. The van der Waals surface area contributed by atoms with E-state index in [9.17, 15) is 37.9 Å². The van der Waals surface area contributed by atoms with Gasteiger partial charge in [0.2, 0.25) is 0 Å². The second kappa shape index (κ2) is 42.5. The Bertz CT molecular complexity index is 1250. The lowest BCUT2D eigenvalue weighted by Crippen LogP contribution is -2.60. The van der Waals surface area contributed by atoms with Gasteiger partial charge in [-0.15, -0.1) is 0 Å². The monoisotopic (exact) mass is 947 g/mol. The summed E-state index contributed by atoms with van der Waals surface area (Å²) in [6.45, 7) is 3.80. The zero-order chi connectivity index (χ0) is 47.6. The summed E-state index contributed by atoms with van der Waals surface area (Å²) >= 11 is 0. The highest BCUT2D eigenvalue weighted by Crippen LogP contribution is 2.24. The predicted molar refractivity (Wildman–Crippen MR) is 261 cm³/mol. The van der Waals surface area contributed by atoms with Crippen molar-refractivity contribution in [1.82, 2.24) is 0 Å². The molecule has 0 aromatic heterocycles. The average Bonchev–Trinajstić information content (AvgIpc) is 3.27. The molecule has 0 radical (unpaired) electrons. The van der Waals surface area contributed by atoms with Crippen LogP contribution in [0.1, 0.15) is 251 Å². The van der Waals surface area contributed by atoms with Crippen molar-refractivity contribution < 1.29 is 56.8 Å². The van der Waals surface area contributed by atoms with Gasteiger partial charge >= 0.3 is 11.9 Å². The Morgan fingerprint density at radius 2 is 0.877 bits per heavy atom. The second-order valence-electron chi connectivity index (χ2n) is 18.9. The third-order valence-corrected chi connectivity index (χ3v) is 13.3. The van der Waals surface area contributed by atoms with Crippen LogP contribution in [0.2, 0.25) is 0 Å². The standard InChI is InChI=1S/C52H98O12S/c1-3-5-7-9-11-13-15-17-19-21-23-25-26-28-30-32-34-36-38-40-47(53)61-42-45(43-62-52-51(57)50(56)49(55)46(64-52)44-65(58,59)60)63-48(54)41-39-37-35-33-31-29-27-24-22-20-18-16-14-12-10-8-6-4-2/h17,19,45-46,49-52,55-57H,3-16,18,20-44H2,1-2H3,(H,58,59,60)/b19-17+/t45-,46-,49-,50?,51?,52+/m1/s1. The molecule has 0 saturated carbocycles. The van der Waals surface area contributed by atoms with Gasteiger partial charge in [-0.05, 0) is 38.5 Å². The van der Waals surface area contributed by atoms with Crippen LogP contribution in [0.3, 0.4) is 0 Å². The molecule has 0 spiro atoms. The highest BCUT2D eigenvalue weighted by molar-refractivity contribution is 7.85. The summed E-state index contributed by atoms with van der Waals surface area (Å²) in [6, 6.07) is 0. The van der Waals surface area contributed by atoms with Crippen molar-refractivity contribution in [3.63, 3.8) is 0 Å². The van der Waals surface area contributed by atoms with E-state index in [1.54, 1.807) is 0 Å². The van der Waals surface area contributed by atoms with Gasteiger partial charge in [0.1, 0.15) is 36.8 Å². The Labute approximate surface area is 396 Å². The number of carbonyl (C=O) groups excluding carboxylic acids is 2. The molecule has 384 valence electrons. The fourth-order valence-electron chi connectivity index (χ4n) is 8.44. The van der Waals surface area contributed by atoms with E-state index in [-0.39, 0.29) is 19.4 Å². The Morgan fingerprint density at radius 3 is 1.28 bits per heavy atom. The lowest BCUT2D eigenvalue weighted by molar-refractivity contribution is -0.297. The summed E-state index contributed by atoms with van der Waals surface area (Å²) in [4.78, 5) is 25.5. The van der Waals surface area contributed by atoms with Crippen LogP contribution in [0.4, 0.5) is 0 Å². The fourth-order valence-corrected chi connectivity index (χ4v) is 9.13. The zero-order valence-electron chi connectivity index (χ0n) is 41.4. The molecule has 6 atom stereocenters.